The number of amides is 1. The fourth-order valence-corrected chi connectivity index (χ4v) is 3.41. The highest BCUT2D eigenvalue weighted by atomic mass is 16.5. The molecule has 6 nitrogen and oxygen atoms in total. The van der Waals surface area contributed by atoms with Crippen molar-refractivity contribution in [1.29, 1.82) is 0 Å². The van der Waals surface area contributed by atoms with Gasteiger partial charge in [0.1, 0.15) is 11.9 Å². The summed E-state index contributed by atoms with van der Waals surface area (Å²) in [5, 5.41) is 13.3. The van der Waals surface area contributed by atoms with Gasteiger partial charge in [-0.05, 0) is 19.3 Å². The summed E-state index contributed by atoms with van der Waals surface area (Å²) in [5.41, 5.74) is -0.803. The number of nitrogens with one attached hydrogen (secondary N) is 1. The van der Waals surface area contributed by atoms with Gasteiger partial charge in [-0.3, -0.25) is 4.79 Å². The lowest BCUT2D eigenvalue weighted by atomic mass is 9.97. The first-order valence-corrected chi connectivity index (χ1v) is 7.68. The van der Waals surface area contributed by atoms with E-state index >= 15 is 0 Å². The van der Waals surface area contributed by atoms with Gasteiger partial charge in [0, 0.05) is 26.0 Å². The fraction of sp³-hybridized carbons (Fsp3) is 0.733. The van der Waals surface area contributed by atoms with Crippen molar-refractivity contribution in [2.24, 2.45) is 7.05 Å². The number of nitrogens with zero attached hydrogens (tertiary/aromatic N) is 2. The van der Waals surface area contributed by atoms with Gasteiger partial charge in [-0.25, -0.2) is 4.98 Å². The Morgan fingerprint density at radius 3 is 3.00 bits per heavy atom. The van der Waals surface area contributed by atoms with Crippen molar-refractivity contribution < 1.29 is 14.6 Å². The largest absolute Gasteiger partial charge is 0.389 e. The first-order valence-electron chi connectivity index (χ1n) is 7.68. The molecule has 2 atom stereocenters. The van der Waals surface area contributed by atoms with E-state index in [1.807, 2.05) is 17.8 Å². The lowest BCUT2D eigenvalue weighted by Gasteiger charge is -2.24. The van der Waals surface area contributed by atoms with Crippen LogP contribution >= 0.6 is 0 Å². The first kappa shape index (κ1) is 14.5. The molecule has 2 fully saturated rings. The Morgan fingerprint density at radius 2 is 2.33 bits per heavy atom. The number of ether oxygens (including phenoxy) is 1. The third-order valence-corrected chi connectivity index (χ3v) is 4.57. The Morgan fingerprint density at radius 1 is 1.57 bits per heavy atom. The lowest BCUT2D eigenvalue weighted by molar-refractivity contribution is -0.127. The number of hydrogen-bond donors (Lipinski definition) is 2. The minimum atomic E-state index is -0.803. The molecule has 116 valence electrons. The van der Waals surface area contributed by atoms with Crippen molar-refractivity contribution in [3.8, 4) is 0 Å². The highest BCUT2D eigenvalue weighted by molar-refractivity contribution is 5.77. The number of aromatic nitrogens is 2. The Balaban J connectivity index is 1.61. The average molecular weight is 293 g/mol. The van der Waals surface area contributed by atoms with Crippen LogP contribution in [0, 0.1) is 0 Å². The van der Waals surface area contributed by atoms with Crippen LogP contribution in [0.25, 0.3) is 0 Å². The molecule has 0 bridgehead atoms. The van der Waals surface area contributed by atoms with Gasteiger partial charge in [0.2, 0.25) is 5.91 Å². The molecule has 0 radical (unpaired) electrons. The number of carbonyl (C=O) groups is 1. The zero-order valence-electron chi connectivity index (χ0n) is 12.4. The van der Waals surface area contributed by atoms with Crippen LogP contribution in [0.2, 0.25) is 0 Å². The summed E-state index contributed by atoms with van der Waals surface area (Å²) in [6.07, 6.45) is 7.84. The number of carbonyl (C=O) groups excluding carboxylic acids is 1. The molecule has 0 unspecified atom stereocenters. The van der Waals surface area contributed by atoms with Gasteiger partial charge < -0.3 is 19.7 Å². The minimum absolute atomic E-state index is 0.0661. The first-order chi connectivity index (χ1) is 10.1. The van der Waals surface area contributed by atoms with Crippen LogP contribution in [0.15, 0.2) is 12.4 Å². The van der Waals surface area contributed by atoms with Gasteiger partial charge >= 0.3 is 0 Å². The van der Waals surface area contributed by atoms with Crippen molar-refractivity contribution in [2.45, 2.75) is 56.3 Å². The molecule has 6 heteroatoms. The quantitative estimate of drug-likeness (QED) is 0.870. The average Bonchev–Trinajstić information content (AvgIpc) is 3.11. The number of aliphatic hydroxyl groups is 1. The van der Waals surface area contributed by atoms with Gasteiger partial charge in [0.15, 0.2) is 0 Å². The summed E-state index contributed by atoms with van der Waals surface area (Å²) in [7, 11) is 1.92. The van der Waals surface area contributed by atoms with Gasteiger partial charge in [-0.15, -0.1) is 0 Å². The van der Waals surface area contributed by atoms with E-state index in [-0.39, 0.29) is 24.5 Å². The zero-order chi connectivity index (χ0) is 14.9. The van der Waals surface area contributed by atoms with Gasteiger partial charge in [0.25, 0.3) is 0 Å². The maximum absolute atomic E-state index is 12.2. The van der Waals surface area contributed by atoms with Crippen LogP contribution in [0.3, 0.4) is 0 Å². The summed E-state index contributed by atoms with van der Waals surface area (Å²) < 4.78 is 7.64. The van der Waals surface area contributed by atoms with E-state index in [4.69, 9.17) is 4.74 Å². The van der Waals surface area contributed by atoms with Crippen molar-refractivity contribution >= 4 is 5.91 Å². The van der Waals surface area contributed by atoms with Crippen molar-refractivity contribution in [1.82, 2.24) is 14.9 Å². The predicted octanol–water partition coefficient (Wildman–Crippen LogP) is 1.06. The molecular formula is C15H23N3O3. The number of aryl methyl sites for hydroxylation is 1. The Kier molecular flexibility index (Phi) is 3.99. The molecule has 0 aromatic carbocycles. The molecule has 1 aliphatic carbocycles. The molecular weight excluding hydrogens is 270 g/mol. The molecule has 3 rings (SSSR count). The maximum Gasteiger partial charge on any atom is 0.223 e. The second kappa shape index (κ2) is 5.77. The topological polar surface area (TPSA) is 76.4 Å². The SMILES string of the molecule is Cn1ccnc1[C@H]1OCC[C@@H]1NC(=O)CC1(O)CCCC1. The van der Waals surface area contributed by atoms with Gasteiger partial charge in [-0.1, -0.05) is 12.8 Å². The molecule has 2 aliphatic rings. The molecule has 1 aromatic rings. The van der Waals surface area contributed by atoms with Crippen LogP contribution in [0.5, 0.6) is 0 Å². The van der Waals surface area contributed by atoms with Crippen LogP contribution in [-0.2, 0) is 16.6 Å². The van der Waals surface area contributed by atoms with Gasteiger partial charge in [0.05, 0.1) is 18.1 Å². The summed E-state index contributed by atoms with van der Waals surface area (Å²) in [6, 6.07) is -0.0661. The molecule has 1 saturated heterocycles. The zero-order valence-corrected chi connectivity index (χ0v) is 12.4. The molecule has 0 spiro atoms. The molecule has 21 heavy (non-hydrogen) atoms. The number of imidazole rings is 1. The highest BCUT2D eigenvalue weighted by Crippen LogP contribution is 2.33. The highest BCUT2D eigenvalue weighted by Gasteiger charge is 2.37. The second-order valence-corrected chi connectivity index (χ2v) is 6.26. The fourth-order valence-electron chi connectivity index (χ4n) is 3.41. The van der Waals surface area contributed by atoms with Gasteiger partial charge in [-0.2, -0.15) is 0 Å². The van der Waals surface area contributed by atoms with Crippen molar-refractivity contribution in [3.63, 3.8) is 0 Å². The van der Waals surface area contributed by atoms with E-state index in [0.29, 0.717) is 6.61 Å². The molecule has 1 aromatic heterocycles. The van der Waals surface area contributed by atoms with E-state index in [0.717, 1.165) is 37.9 Å². The van der Waals surface area contributed by atoms with Crippen LogP contribution in [0.1, 0.15) is 50.5 Å². The third-order valence-electron chi connectivity index (χ3n) is 4.57. The van der Waals surface area contributed by atoms with E-state index in [9.17, 15) is 9.90 Å². The Labute approximate surface area is 124 Å². The van der Waals surface area contributed by atoms with E-state index in [2.05, 4.69) is 10.3 Å². The molecule has 1 amide bonds. The van der Waals surface area contributed by atoms with Crippen molar-refractivity contribution in [3.05, 3.63) is 18.2 Å². The predicted molar refractivity (Wildman–Crippen MR) is 76.5 cm³/mol. The van der Waals surface area contributed by atoms with E-state index in [1.54, 1.807) is 6.20 Å². The Hall–Kier alpha value is -1.40. The molecule has 1 aliphatic heterocycles. The van der Waals surface area contributed by atoms with E-state index < -0.39 is 5.60 Å². The normalized spacial score (nSPS) is 27.9. The lowest BCUT2D eigenvalue weighted by Crippen LogP contribution is -2.41. The number of rotatable bonds is 4. The monoisotopic (exact) mass is 293 g/mol. The maximum atomic E-state index is 12.2. The third kappa shape index (κ3) is 3.11. The molecule has 1 saturated carbocycles. The summed E-state index contributed by atoms with van der Waals surface area (Å²) in [6.45, 7) is 0.618. The smallest absolute Gasteiger partial charge is 0.223 e. The molecule has 2 N–H and O–H groups in total. The standard InChI is InChI=1S/C15H23N3O3/c1-18-8-7-16-14(18)13-11(4-9-21-13)17-12(19)10-15(20)5-2-3-6-15/h7-8,11,13,20H,2-6,9-10H2,1H3,(H,17,19)/t11-,13-/m0/s1. The van der Waals surface area contributed by atoms with Crippen LogP contribution in [-0.4, -0.2) is 38.8 Å². The van der Waals surface area contributed by atoms with E-state index in [1.165, 1.54) is 0 Å². The van der Waals surface area contributed by atoms with Crippen molar-refractivity contribution in [2.75, 3.05) is 6.61 Å². The number of hydrogen-bond acceptors (Lipinski definition) is 4. The minimum Gasteiger partial charge on any atom is -0.389 e. The summed E-state index contributed by atoms with van der Waals surface area (Å²) in [4.78, 5) is 16.5. The Bertz CT molecular complexity index is 508. The summed E-state index contributed by atoms with van der Waals surface area (Å²) in [5.74, 6) is 0.742. The summed E-state index contributed by atoms with van der Waals surface area (Å²) >= 11 is 0. The van der Waals surface area contributed by atoms with Crippen LogP contribution < -0.4 is 5.32 Å². The molecule has 2 heterocycles. The van der Waals surface area contributed by atoms with Crippen LogP contribution in [0.4, 0.5) is 0 Å². The second-order valence-electron chi connectivity index (χ2n) is 6.26.